The maximum absolute atomic E-state index is 13.8. The molecule has 3 aromatic carbocycles. The van der Waals surface area contributed by atoms with Gasteiger partial charge in [0.15, 0.2) is 0 Å². The Morgan fingerprint density at radius 1 is 0.774 bits per heavy atom. The summed E-state index contributed by atoms with van der Waals surface area (Å²) in [4.78, 5) is 25.1. The van der Waals surface area contributed by atoms with Gasteiger partial charge in [0.2, 0.25) is 0 Å². The van der Waals surface area contributed by atoms with Crippen molar-refractivity contribution < 1.29 is 14.0 Å². The Kier molecular flexibility index (Phi) is 5.84. The summed E-state index contributed by atoms with van der Waals surface area (Å²) in [5, 5.41) is 4.58. The van der Waals surface area contributed by atoms with Crippen molar-refractivity contribution in [3.63, 3.8) is 0 Å². The Hall–Kier alpha value is -4.26. The molecule has 1 heterocycles. The summed E-state index contributed by atoms with van der Waals surface area (Å²) in [5.41, 5.74) is 7.02. The van der Waals surface area contributed by atoms with Crippen LogP contribution in [0.1, 0.15) is 26.3 Å². The Morgan fingerprint density at radius 3 is 2.03 bits per heavy atom. The van der Waals surface area contributed by atoms with Crippen molar-refractivity contribution in [3.05, 3.63) is 114 Å². The highest BCUT2D eigenvalue weighted by atomic mass is 19.1. The SMILES string of the molecule is O=C(NNC(=O)c1cn(Cc2ccccc2)nc1-c1ccccc1)c1ccccc1F. The number of aromatic nitrogens is 2. The van der Waals surface area contributed by atoms with Gasteiger partial charge in [-0.1, -0.05) is 72.8 Å². The molecule has 7 heteroatoms. The minimum absolute atomic E-state index is 0.161. The lowest BCUT2D eigenvalue weighted by Crippen LogP contribution is -2.42. The van der Waals surface area contributed by atoms with Crippen LogP contribution in [0.5, 0.6) is 0 Å². The monoisotopic (exact) mass is 414 g/mol. The normalized spacial score (nSPS) is 10.5. The third-order valence-electron chi connectivity index (χ3n) is 4.65. The predicted octanol–water partition coefficient (Wildman–Crippen LogP) is 3.81. The first-order chi connectivity index (χ1) is 15.1. The molecule has 2 amide bonds. The molecule has 2 N–H and O–H groups in total. The van der Waals surface area contributed by atoms with Gasteiger partial charge in [-0.25, -0.2) is 4.39 Å². The largest absolute Gasteiger partial charge is 0.273 e. The summed E-state index contributed by atoms with van der Waals surface area (Å²) < 4.78 is 15.5. The van der Waals surface area contributed by atoms with Crippen molar-refractivity contribution >= 4 is 11.8 Å². The van der Waals surface area contributed by atoms with Crippen molar-refractivity contribution in [2.45, 2.75) is 6.54 Å². The number of hydrogen-bond donors (Lipinski definition) is 2. The lowest BCUT2D eigenvalue weighted by Gasteiger charge is -2.08. The summed E-state index contributed by atoms with van der Waals surface area (Å²) >= 11 is 0. The minimum Gasteiger partial charge on any atom is -0.267 e. The van der Waals surface area contributed by atoms with Crippen molar-refractivity contribution in [1.29, 1.82) is 0 Å². The molecule has 0 spiro atoms. The Bertz CT molecular complexity index is 1210. The van der Waals surface area contributed by atoms with Crippen LogP contribution >= 0.6 is 0 Å². The van der Waals surface area contributed by atoms with Crippen LogP contribution < -0.4 is 10.9 Å². The highest BCUT2D eigenvalue weighted by Crippen LogP contribution is 2.22. The van der Waals surface area contributed by atoms with Crippen LogP contribution in [0.3, 0.4) is 0 Å². The van der Waals surface area contributed by atoms with E-state index in [1.54, 1.807) is 16.9 Å². The van der Waals surface area contributed by atoms with E-state index < -0.39 is 17.6 Å². The highest BCUT2D eigenvalue weighted by molar-refractivity contribution is 6.02. The Labute approximate surface area is 178 Å². The second kappa shape index (κ2) is 9.04. The third-order valence-corrected chi connectivity index (χ3v) is 4.65. The van der Waals surface area contributed by atoms with E-state index in [0.29, 0.717) is 12.2 Å². The zero-order valence-corrected chi connectivity index (χ0v) is 16.5. The van der Waals surface area contributed by atoms with E-state index in [-0.39, 0.29) is 11.1 Å². The molecular weight excluding hydrogens is 395 g/mol. The fourth-order valence-electron chi connectivity index (χ4n) is 3.14. The van der Waals surface area contributed by atoms with Crippen LogP contribution in [0.25, 0.3) is 11.3 Å². The smallest absolute Gasteiger partial charge is 0.267 e. The molecule has 154 valence electrons. The van der Waals surface area contributed by atoms with E-state index in [2.05, 4.69) is 16.0 Å². The van der Waals surface area contributed by atoms with E-state index in [1.807, 2.05) is 60.7 Å². The van der Waals surface area contributed by atoms with Gasteiger partial charge in [0.1, 0.15) is 11.5 Å². The van der Waals surface area contributed by atoms with E-state index in [0.717, 1.165) is 11.1 Å². The molecule has 0 aliphatic heterocycles. The number of amides is 2. The number of nitrogens with one attached hydrogen (secondary N) is 2. The second-order valence-corrected chi connectivity index (χ2v) is 6.83. The molecule has 4 aromatic rings. The topological polar surface area (TPSA) is 76.0 Å². The lowest BCUT2D eigenvalue weighted by atomic mass is 10.1. The van der Waals surface area contributed by atoms with Gasteiger partial charge in [-0.3, -0.25) is 25.1 Å². The zero-order chi connectivity index (χ0) is 21.6. The molecule has 0 atom stereocenters. The summed E-state index contributed by atoms with van der Waals surface area (Å²) in [5.74, 6) is -1.97. The standard InChI is InChI=1S/C24H19FN4O2/c25-21-14-8-7-13-19(21)23(30)26-27-24(31)20-16-29(15-17-9-3-1-4-10-17)28-22(20)18-11-5-2-6-12-18/h1-14,16H,15H2,(H,26,30)(H,27,31). The summed E-state index contributed by atoms with van der Waals surface area (Å²) in [6.45, 7) is 0.482. The van der Waals surface area contributed by atoms with Gasteiger partial charge < -0.3 is 0 Å². The van der Waals surface area contributed by atoms with E-state index in [9.17, 15) is 14.0 Å². The average Bonchev–Trinajstić information content (AvgIpc) is 3.22. The van der Waals surface area contributed by atoms with E-state index >= 15 is 0 Å². The Balaban J connectivity index is 1.57. The molecule has 0 aliphatic rings. The molecule has 31 heavy (non-hydrogen) atoms. The molecule has 6 nitrogen and oxygen atoms in total. The van der Waals surface area contributed by atoms with Gasteiger partial charge in [0.25, 0.3) is 11.8 Å². The third kappa shape index (κ3) is 4.67. The number of halogens is 1. The van der Waals surface area contributed by atoms with Gasteiger partial charge in [-0.15, -0.1) is 0 Å². The molecule has 0 saturated heterocycles. The van der Waals surface area contributed by atoms with Gasteiger partial charge in [0, 0.05) is 11.8 Å². The summed E-state index contributed by atoms with van der Waals surface area (Å²) in [7, 11) is 0. The number of carbonyl (C=O) groups excluding carboxylic acids is 2. The van der Waals surface area contributed by atoms with Crippen LogP contribution in [0.15, 0.2) is 91.1 Å². The van der Waals surface area contributed by atoms with Gasteiger partial charge in [0.05, 0.1) is 17.7 Å². The van der Waals surface area contributed by atoms with Gasteiger partial charge in [-0.2, -0.15) is 5.10 Å². The predicted molar refractivity (Wildman–Crippen MR) is 115 cm³/mol. The lowest BCUT2D eigenvalue weighted by molar-refractivity contribution is 0.0844. The first-order valence-corrected chi connectivity index (χ1v) is 9.64. The van der Waals surface area contributed by atoms with Crippen LogP contribution in [0, 0.1) is 5.82 Å². The average molecular weight is 414 g/mol. The van der Waals surface area contributed by atoms with Gasteiger partial charge in [-0.05, 0) is 17.7 Å². The van der Waals surface area contributed by atoms with E-state index in [4.69, 9.17) is 0 Å². The minimum atomic E-state index is -0.746. The number of hydrazine groups is 1. The molecule has 1 aromatic heterocycles. The number of carbonyl (C=O) groups is 2. The first kappa shape index (κ1) is 20.0. The van der Waals surface area contributed by atoms with Crippen molar-refractivity contribution in [2.24, 2.45) is 0 Å². The number of benzene rings is 3. The maximum atomic E-state index is 13.8. The maximum Gasteiger partial charge on any atom is 0.273 e. The molecule has 0 bridgehead atoms. The van der Waals surface area contributed by atoms with Crippen LogP contribution in [-0.2, 0) is 6.54 Å². The number of rotatable bonds is 5. The fraction of sp³-hybridized carbons (Fsp3) is 0.0417. The Morgan fingerprint density at radius 2 is 1.35 bits per heavy atom. The van der Waals surface area contributed by atoms with Gasteiger partial charge >= 0.3 is 0 Å². The van der Waals surface area contributed by atoms with Crippen LogP contribution in [0.4, 0.5) is 4.39 Å². The number of hydrogen-bond acceptors (Lipinski definition) is 3. The van der Waals surface area contributed by atoms with Crippen LogP contribution in [0.2, 0.25) is 0 Å². The zero-order valence-electron chi connectivity index (χ0n) is 16.5. The van der Waals surface area contributed by atoms with Crippen molar-refractivity contribution in [3.8, 4) is 11.3 Å². The molecule has 0 fully saturated rings. The van der Waals surface area contributed by atoms with Crippen LogP contribution in [-0.4, -0.2) is 21.6 Å². The fourth-order valence-corrected chi connectivity index (χ4v) is 3.14. The second-order valence-electron chi connectivity index (χ2n) is 6.83. The first-order valence-electron chi connectivity index (χ1n) is 9.64. The number of nitrogens with zero attached hydrogens (tertiary/aromatic N) is 2. The summed E-state index contributed by atoms with van der Waals surface area (Å²) in [6, 6.07) is 24.6. The van der Waals surface area contributed by atoms with E-state index in [1.165, 1.54) is 18.2 Å². The van der Waals surface area contributed by atoms with Crippen molar-refractivity contribution in [1.82, 2.24) is 20.6 Å². The molecule has 0 radical (unpaired) electrons. The molecule has 0 unspecified atom stereocenters. The summed E-state index contributed by atoms with van der Waals surface area (Å²) in [6.07, 6.45) is 1.62. The van der Waals surface area contributed by atoms with Crippen molar-refractivity contribution in [2.75, 3.05) is 0 Å². The molecule has 0 saturated carbocycles. The molecule has 0 aliphatic carbocycles. The highest BCUT2D eigenvalue weighted by Gasteiger charge is 2.19. The quantitative estimate of drug-likeness (QED) is 0.488. The molecule has 4 rings (SSSR count). The molecular formula is C24H19FN4O2.